The third-order valence-corrected chi connectivity index (χ3v) is 4.68. The van der Waals surface area contributed by atoms with E-state index in [9.17, 15) is 4.79 Å². The van der Waals surface area contributed by atoms with E-state index in [-0.39, 0.29) is 11.9 Å². The second-order valence-corrected chi connectivity index (χ2v) is 6.79. The van der Waals surface area contributed by atoms with E-state index in [4.69, 9.17) is 9.47 Å². The number of benzene rings is 2. The van der Waals surface area contributed by atoms with Gasteiger partial charge in [0.1, 0.15) is 5.75 Å². The Morgan fingerprint density at radius 1 is 1.19 bits per heavy atom. The van der Waals surface area contributed by atoms with Crippen molar-refractivity contribution in [3.05, 3.63) is 71.5 Å². The second-order valence-electron chi connectivity index (χ2n) is 6.79. The first-order valence-corrected chi connectivity index (χ1v) is 9.11. The second kappa shape index (κ2) is 8.62. The van der Waals surface area contributed by atoms with E-state index in [0.29, 0.717) is 12.2 Å². The summed E-state index contributed by atoms with van der Waals surface area (Å²) in [5, 5.41) is 3.16. The van der Waals surface area contributed by atoms with Gasteiger partial charge in [-0.3, -0.25) is 4.79 Å². The summed E-state index contributed by atoms with van der Waals surface area (Å²) in [6, 6.07) is 15.1. The van der Waals surface area contributed by atoms with Crippen LogP contribution in [-0.2, 0) is 4.74 Å². The van der Waals surface area contributed by atoms with Crippen molar-refractivity contribution < 1.29 is 14.3 Å². The quantitative estimate of drug-likeness (QED) is 0.842. The Morgan fingerprint density at radius 3 is 2.59 bits per heavy atom. The number of nitrogens with one attached hydrogen (secondary N) is 1. The number of rotatable bonds is 6. The Kier molecular flexibility index (Phi) is 6.01. The smallest absolute Gasteiger partial charge is 0.252 e. The van der Waals surface area contributed by atoms with Crippen LogP contribution in [0, 0.1) is 0 Å². The Labute approximate surface area is 160 Å². The molecule has 1 aliphatic heterocycles. The van der Waals surface area contributed by atoms with Gasteiger partial charge >= 0.3 is 0 Å². The van der Waals surface area contributed by atoms with Gasteiger partial charge in [-0.2, -0.15) is 0 Å². The molecule has 1 amide bonds. The third kappa shape index (κ3) is 4.61. The van der Waals surface area contributed by atoms with Crippen LogP contribution in [0.3, 0.4) is 0 Å². The molecule has 2 aromatic rings. The molecule has 0 unspecified atom stereocenters. The van der Waals surface area contributed by atoms with Gasteiger partial charge in [-0.25, -0.2) is 0 Å². The van der Waals surface area contributed by atoms with Gasteiger partial charge in [0.15, 0.2) is 0 Å². The average molecular weight is 366 g/mol. The maximum Gasteiger partial charge on any atom is 0.252 e. The molecule has 5 nitrogen and oxygen atoms in total. The average Bonchev–Trinajstić information content (AvgIpc) is 2.72. The highest BCUT2D eigenvalue weighted by atomic mass is 16.5. The van der Waals surface area contributed by atoms with Crippen LogP contribution in [0.2, 0.25) is 0 Å². The van der Waals surface area contributed by atoms with Gasteiger partial charge in [-0.1, -0.05) is 12.1 Å². The van der Waals surface area contributed by atoms with Crippen LogP contribution >= 0.6 is 0 Å². The van der Waals surface area contributed by atoms with Crippen LogP contribution < -0.4 is 15.0 Å². The van der Waals surface area contributed by atoms with Crippen molar-refractivity contribution in [2.75, 3.05) is 32.7 Å². The zero-order chi connectivity index (χ0) is 19.2. The fourth-order valence-corrected chi connectivity index (χ4v) is 3.13. The lowest BCUT2D eigenvalue weighted by Crippen LogP contribution is -2.30. The number of ether oxygens (including phenoxy) is 2. The number of nitrogens with zero attached hydrogens (tertiary/aromatic N) is 1. The van der Waals surface area contributed by atoms with Gasteiger partial charge in [-0.15, -0.1) is 0 Å². The van der Waals surface area contributed by atoms with Crippen molar-refractivity contribution in [1.82, 2.24) is 5.32 Å². The van der Waals surface area contributed by atoms with Crippen LogP contribution in [0.5, 0.6) is 5.75 Å². The third-order valence-electron chi connectivity index (χ3n) is 4.68. The number of hydrogen-bond donors (Lipinski definition) is 1. The summed E-state index contributed by atoms with van der Waals surface area (Å²) in [6.07, 6.45) is 3.62. The first-order chi connectivity index (χ1) is 13.1. The zero-order valence-electron chi connectivity index (χ0n) is 16.1. The summed E-state index contributed by atoms with van der Waals surface area (Å²) in [5.41, 5.74) is 3.72. The summed E-state index contributed by atoms with van der Waals surface area (Å²) >= 11 is 0. The number of carbonyl (C=O) groups excluding carboxylic acids is 1. The van der Waals surface area contributed by atoms with Crippen LogP contribution in [0.4, 0.5) is 5.69 Å². The normalized spacial score (nSPS) is 14.6. The van der Waals surface area contributed by atoms with Crippen molar-refractivity contribution in [2.24, 2.45) is 0 Å². The zero-order valence-corrected chi connectivity index (χ0v) is 16.1. The van der Waals surface area contributed by atoms with Crippen molar-refractivity contribution in [3.63, 3.8) is 0 Å². The molecule has 27 heavy (non-hydrogen) atoms. The maximum atomic E-state index is 12.9. The van der Waals surface area contributed by atoms with Crippen LogP contribution in [0.1, 0.15) is 34.8 Å². The predicted octanol–water partition coefficient (Wildman–Crippen LogP) is 3.93. The molecule has 1 heterocycles. The number of amides is 1. The molecule has 142 valence electrons. The molecule has 0 radical (unpaired) electrons. The van der Waals surface area contributed by atoms with Gasteiger partial charge in [0, 0.05) is 25.3 Å². The van der Waals surface area contributed by atoms with E-state index in [0.717, 1.165) is 35.4 Å². The van der Waals surface area contributed by atoms with Crippen molar-refractivity contribution in [3.8, 4) is 5.75 Å². The van der Waals surface area contributed by atoms with Gasteiger partial charge in [0.05, 0.1) is 26.0 Å². The monoisotopic (exact) mass is 366 g/mol. The summed E-state index contributed by atoms with van der Waals surface area (Å²) in [7, 11) is 5.59. The molecule has 2 aromatic carbocycles. The summed E-state index contributed by atoms with van der Waals surface area (Å²) in [5.74, 6) is 0.652. The van der Waals surface area contributed by atoms with Crippen LogP contribution in [0.15, 0.2) is 60.4 Å². The van der Waals surface area contributed by atoms with Crippen molar-refractivity contribution >= 4 is 11.6 Å². The van der Waals surface area contributed by atoms with Crippen molar-refractivity contribution in [1.29, 1.82) is 0 Å². The molecule has 0 aromatic heterocycles. The lowest BCUT2D eigenvalue weighted by atomic mass is 9.94. The predicted molar refractivity (Wildman–Crippen MR) is 107 cm³/mol. The molecule has 0 spiro atoms. The SMILES string of the molecule is COc1cccc([C@H](NC(=O)c2ccc(N(C)C)cc2)C2=COCCC2)c1. The molecule has 1 aliphatic rings. The number of carbonyl (C=O) groups is 1. The van der Waals surface area contributed by atoms with Crippen molar-refractivity contribution in [2.45, 2.75) is 18.9 Å². The maximum absolute atomic E-state index is 12.9. The summed E-state index contributed by atoms with van der Waals surface area (Å²) in [4.78, 5) is 14.9. The van der Waals surface area contributed by atoms with Crippen LogP contribution in [-0.4, -0.2) is 33.7 Å². The molecule has 0 aliphatic carbocycles. The minimum Gasteiger partial charge on any atom is -0.501 e. The first-order valence-electron chi connectivity index (χ1n) is 9.11. The van der Waals surface area contributed by atoms with E-state index in [1.165, 1.54) is 0 Å². The van der Waals surface area contributed by atoms with E-state index in [2.05, 4.69) is 5.32 Å². The number of anilines is 1. The summed E-state index contributed by atoms with van der Waals surface area (Å²) < 4.78 is 10.9. The van der Waals surface area contributed by atoms with Gasteiger partial charge in [0.25, 0.3) is 5.91 Å². The fraction of sp³-hybridized carbons (Fsp3) is 0.318. The summed E-state index contributed by atoms with van der Waals surface area (Å²) in [6.45, 7) is 0.717. The lowest BCUT2D eigenvalue weighted by molar-refractivity contribution is 0.0939. The minimum atomic E-state index is -0.249. The largest absolute Gasteiger partial charge is 0.501 e. The minimum absolute atomic E-state index is 0.111. The Balaban J connectivity index is 1.86. The highest BCUT2D eigenvalue weighted by Gasteiger charge is 2.22. The molecule has 0 saturated heterocycles. The van der Waals surface area contributed by atoms with E-state index >= 15 is 0 Å². The molecular weight excluding hydrogens is 340 g/mol. The van der Waals surface area contributed by atoms with E-state index in [1.807, 2.05) is 67.5 Å². The Bertz CT molecular complexity index is 813. The Hall–Kier alpha value is -2.95. The molecule has 3 rings (SSSR count). The molecule has 5 heteroatoms. The van der Waals surface area contributed by atoms with Gasteiger partial charge in [-0.05, 0) is 60.4 Å². The van der Waals surface area contributed by atoms with Gasteiger partial charge in [0.2, 0.25) is 0 Å². The molecule has 1 atom stereocenters. The van der Waals surface area contributed by atoms with E-state index < -0.39 is 0 Å². The lowest BCUT2D eigenvalue weighted by Gasteiger charge is -2.25. The fourth-order valence-electron chi connectivity index (χ4n) is 3.13. The molecule has 0 saturated carbocycles. The highest BCUT2D eigenvalue weighted by Crippen LogP contribution is 2.30. The van der Waals surface area contributed by atoms with Crippen LogP contribution in [0.25, 0.3) is 0 Å². The number of hydrogen-bond acceptors (Lipinski definition) is 4. The standard InChI is InChI=1S/C22H26N2O3/c1-24(2)19-11-9-16(10-12-19)22(25)23-21(18-7-5-13-27-15-18)17-6-4-8-20(14-17)26-3/h4,6,8-12,14-15,21H,5,7,13H2,1-3H3,(H,23,25)/t21-/m0/s1. The molecule has 1 N–H and O–H groups in total. The van der Waals surface area contributed by atoms with E-state index in [1.54, 1.807) is 13.4 Å². The number of methoxy groups -OCH3 is 1. The molecule has 0 bridgehead atoms. The molecular formula is C22H26N2O3. The van der Waals surface area contributed by atoms with Gasteiger partial charge < -0.3 is 19.7 Å². The first kappa shape index (κ1) is 18.8. The molecule has 0 fully saturated rings. The topological polar surface area (TPSA) is 50.8 Å². The highest BCUT2D eigenvalue weighted by molar-refractivity contribution is 5.95. The Morgan fingerprint density at radius 2 is 1.96 bits per heavy atom.